The molecule has 14 heavy (non-hydrogen) atoms. The van der Waals surface area contributed by atoms with Crippen LogP contribution in [0.15, 0.2) is 0 Å². The predicted octanol–water partition coefficient (Wildman–Crippen LogP) is 1.56. The van der Waals surface area contributed by atoms with E-state index in [1.165, 1.54) is 0 Å². The quantitative estimate of drug-likeness (QED) is 0.450. The van der Waals surface area contributed by atoms with Crippen molar-refractivity contribution in [2.24, 2.45) is 0 Å². The molecule has 0 aromatic carbocycles. The second kappa shape index (κ2) is 3.94. The van der Waals surface area contributed by atoms with Crippen molar-refractivity contribution >= 4 is 25.9 Å². The summed E-state index contributed by atoms with van der Waals surface area (Å²) in [5, 5.41) is 8.15. The Kier molecular flexibility index (Phi) is 3.26. The lowest BCUT2D eigenvalue weighted by molar-refractivity contribution is 0.0899. The van der Waals surface area contributed by atoms with Crippen molar-refractivity contribution in [1.82, 2.24) is 0 Å². The summed E-state index contributed by atoms with van der Waals surface area (Å²) in [5.41, 5.74) is 0. The molecule has 0 aromatic rings. The van der Waals surface area contributed by atoms with E-state index >= 15 is 0 Å². The summed E-state index contributed by atoms with van der Waals surface area (Å²) in [4.78, 5) is 9.97. The third-order valence-corrected chi connectivity index (χ3v) is 4.96. The molecule has 82 valence electrons. The van der Waals surface area contributed by atoms with Crippen molar-refractivity contribution in [3.8, 4) is 0 Å². The van der Waals surface area contributed by atoms with Crippen LogP contribution in [0, 0.1) is 0 Å². The average molecular weight is 243 g/mol. The van der Waals surface area contributed by atoms with Crippen LogP contribution in [-0.2, 0) is 13.8 Å². The Balaban J connectivity index is 2.29. The molecule has 0 spiro atoms. The zero-order valence-corrected chi connectivity index (χ0v) is 8.97. The standard InChI is InChI=1S/C7H11ClO5S/c8-14(11,12)7(3-4-7)2-1-5-13-6(9)10/h1-5H2,(H,9,10). The Morgan fingerprint density at radius 2 is 2.07 bits per heavy atom. The fourth-order valence-electron chi connectivity index (χ4n) is 1.31. The molecule has 0 aliphatic heterocycles. The van der Waals surface area contributed by atoms with Crippen molar-refractivity contribution in [2.45, 2.75) is 30.4 Å². The Morgan fingerprint density at radius 3 is 2.43 bits per heavy atom. The molecule has 1 aliphatic rings. The molecule has 5 nitrogen and oxygen atoms in total. The number of halogens is 1. The van der Waals surface area contributed by atoms with Gasteiger partial charge in [0.1, 0.15) is 0 Å². The molecule has 0 unspecified atom stereocenters. The lowest BCUT2D eigenvalue weighted by Gasteiger charge is -2.09. The average Bonchev–Trinajstić information content (AvgIpc) is 2.77. The van der Waals surface area contributed by atoms with Gasteiger partial charge in [-0.3, -0.25) is 0 Å². The molecular weight excluding hydrogens is 232 g/mol. The van der Waals surface area contributed by atoms with E-state index in [4.69, 9.17) is 15.8 Å². The van der Waals surface area contributed by atoms with Gasteiger partial charge in [-0.2, -0.15) is 0 Å². The maximum atomic E-state index is 11.1. The highest BCUT2D eigenvalue weighted by Gasteiger charge is 2.52. The monoisotopic (exact) mass is 242 g/mol. The van der Waals surface area contributed by atoms with Crippen LogP contribution in [0.1, 0.15) is 25.7 Å². The van der Waals surface area contributed by atoms with Gasteiger partial charge in [0.15, 0.2) is 0 Å². The van der Waals surface area contributed by atoms with E-state index in [-0.39, 0.29) is 6.61 Å². The molecular formula is C7H11ClO5S. The minimum atomic E-state index is -3.52. The third-order valence-electron chi connectivity index (χ3n) is 2.33. The Labute approximate surface area is 86.4 Å². The fraction of sp³-hybridized carbons (Fsp3) is 0.857. The molecule has 0 heterocycles. The highest BCUT2D eigenvalue weighted by atomic mass is 35.7. The summed E-state index contributed by atoms with van der Waals surface area (Å²) in [6.45, 7) is 0.0174. The first-order chi connectivity index (χ1) is 6.37. The van der Waals surface area contributed by atoms with Gasteiger partial charge in [0.25, 0.3) is 0 Å². The van der Waals surface area contributed by atoms with Crippen molar-refractivity contribution in [2.75, 3.05) is 6.61 Å². The highest BCUT2D eigenvalue weighted by Crippen LogP contribution is 2.49. The smallest absolute Gasteiger partial charge is 0.450 e. The summed E-state index contributed by atoms with van der Waals surface area (Å²) < 4.78 is 25.6. The maximum Gasteiger partial charge on any atom is 0.505 e. The van der Waals surface area contributed by atoms with E-state index in [0.717, 1.165) is 0 Å². The van der Waals surface area contributed by atoms with E-state index in [0.29, 0.717) is 25.7 Å². The second-order valence-electron chi connectivity index (χ2n) is 3.34. The molecule has 1 N–H and O–H groups in total. The number of hydrogen-bond acceptors (Lipinski definition) is 4. The van der Waals surface area contributed by atoms with Crippen molar-refractivity contribution in [3.05, 3.63) is 0 Å². The van der Waals surface area contributed by atoms with E-state index in [2.05, 4.69) is 4.74 Å². The van der Waals surface area contributed by atoms with Gasteiger partial charge in [-0.15, -0.1) is 0 Å². The summed E-state index contributed by atoms with van der Waals surface area (Å²) in [6, 6.07) is 0. The normalized spacial score (nSPS) is 18.9. The molecule has 0 saturated heterocycles. The van der Waals surface area contributed by atoms with E-state index in [1.807, 2.05) is 0 Å². The van der Waals surface area contributed by atoms with Gasteiger partial charge in [0, 0.05) is 10.7 Å². The summed E-state index contributed by atoms with van der Waals surface area (Å²) in [7, 11) is 1.72. The number of rotatable bonds is 5. The van der Waals surface area contributed by atoms with Crippen LogP contribution in [0.2, 0.25) is 0 Å². The molecule has 0 aromatic heterocycles. The summed E-state index contributed by atoms with van der Waals surface area (Å²) >= 11 is 0. The molecule has 0 atom stereocenters. The zero-order chi connectivity index (χ0) is 10.8. The number of carboxylic acid groups (broad SMARTS) is 1. The first-order valence-electron chi connectivity index (χ1n) is 4.17. The Hall–Kier alpha value is -0.490. The van der Waals surface area contributed by atoms with E-state index in [1.54, 1.807) is 0 Å². The molecule has 0 amide bonds. The first-order valence-corrected chi connectivity index (χ1v) is 6.48. The lowest BCUT2D eigenvalue weighted by atomic mass is 10.2. The summed E-state index contributed by atoms with van der Waals surface area (Å²) in [6.07, 6.45) is 0.533. The van der Waals surface area contributed by atoms with Crippen LogP contribution in [0.4, 0.5) is 4.79 Å². The van der Waals surface area contributed by atoms with Crippen molar-refractivity contribution < 1.29 is 23.1 Å². The lowest BCUT2D eigenvalue weighted by Crippen LogP contribution is -2.18. The van der Waals surface area contributed by atoms with Gasteiger partial charge < -0.3 is 9.84 Å². The van der Waals surface area contributed by atoms with Gasteiger partial charge >= 0.3 is 6.16 Å². The Bertz CT molecular complexity index is 319. The third kappa shape index (κ3) is 2.75. The van der Waals surface area contributed by atoms with Crippen LogP contribution in [0.3, 0.4) is 0 Å². The number of ether oxygens (including phenoxy) is 1. The zero-order valence-electron chi connectivity index (χ0n) is 7.40. The number of hydrogen-bond donors (Lipinski definition) is 1. The highest BCUT2D eigenvalue weighted by molar-refractivity contribution is 8.15. The van der Waals surface area contributed by atoms with Crippen LogP contribution in [0.5, 0.6) is 0 Å². The molecule has 1 saturated carbocycles. The molecule has 7 heteroatoms. The molecule has 1 aliphatic carbocycles. The molecule has 1 fully saturated rings. The van der Waals surface area contributed by atoms with Gasteiger partial charge in [-0.25, -0.2) is 13.2 Å². The maximum absolute atomic E-state index is 11.1. The van der Waals surface area contributed by atoms with Crippen molar-refractivity contribution in [3.63, 3.8) is 0 Å². The minimum Gasteiger partial charge on any atom is -0.450 e. The molecule has 1 rings (SSSR count). The van der Waals surface area contributed by atoms with Gasteiger partial charge in [-0.05, 0) is 25.7 Å². The van der Waals surface area contributed by atoms with Crippen molar-refractivity contribution in [1.29, 1.82) is 0 Å². The van der Waals surface area contributed by atoms with Gasteiger partial charge in [0.05, 0.1) is 11.4 Å². The largest absolute Gasteiger partial charge is 0.505 e. The minimum absolute atomic E-state index is 0.0174. The van der Waals surface area contributed by atoms with Gasteiger partial charge in [0.2, 0.25) is 9.05 Å². The SMILES string of the molecule is O=C(O)OCCCC1(S(=O)(=O)Cl)CC1. The second-order valence-corrected chi connectivity index (χ2v) is 6.30. The first kappa shape index (κ1) is 11.6. The van der Waals surface area contributed by atoms with E-state index in [9.17, 15) is 13.2 Å². The fourth-order valence-corrected chi connectivity index (χ4v) is 2.98. The molecule has 0 radical (unpaired) electrons. The Morgan fingerprint density at radius 1 is 1.50 bits per heavy atom. The summed E-state index contributed by atoms with van der Waals surface area (Å²) in [5.74, 6) is 0. The number of carbonyl (C=O) groups is 1. The topological polar surface area (TPSA) is 80.7 Å². The van der Waals surface area contributed by atoms with Gasteiger partial charge in [-0.1, -0.05) is 0 Å². The van der Waals surface area contributed by atoms with Crippen LogP contribution in [-0.4, -0.2) is 31.0 Å². The predicted molar refractivity (Wildman–Crippen MR) is 49.9 cm³/mol. The van der Waals surface area contributed by atoms with Crippen LogP contribution >= 0.6 is 10.7 Å². The van der Waals surface area contributed by atoms with Crippen LogP contribution < -0.4 is 0 Å². The van der Waals surface area contributed by atoms with E-state index < -0.39 is 20.0 Å². The molecule has 0 bridgehead atoms. The van der Waals surface area contributed by atoms with Crippen LogP contribution in [0.25, 0.3) is 0 Å².